The Morgan fingerprint density at radius 3 is 2.20 bits per heavy atom. The summed E-state index contributed by atoms with van der Waals surface area (Å²) in [6.07, 6.45) is 2.53. The molecule has 270 valence electrons. The largest absolute Gasteiger partial charge is 0.495 e. The van der Waals surface area contributed by atoms with Gasteiger partial charge in [0.1, 0.15) is 30.0 Å². The van der Waals surface area contributed by atoms with Crippen LogP contribution in [0.2, 0.25) is 5.02 Å². The molecule has 2 heterocycles. The molecule has 2 aliphatic rings. The van der Waals surface area contributed by atoms with Gasteiger partial charge in [-0.1, -0.05) is 105 Å². The number of hydrogen-bond donors (Lipinski definition) is 3. The van der Waals surface area contributed by atoms with Crippen LogP contribution >= 0.6 is 11.6 Å². The maximum absolute atomic E-state index is 14.0. The number of hydrogen-bond acceptors (Lipinski definition) is 7. The molecule has 3 N–H and O–H groups in total. The van der Waals surface area contributed by atoms with Crippen molar-refractivity contribution in [1.29, 1.82) is 0 Å². The Kier molecular flexibility index (Phi) is 12.9. The van der Waals surface area contributed by atoms with Gasteiger partial charge in [0.2, 0.25) is 17.7 Å². The van der Waals surface area contributed by atoms with Gasteiger partial charge >= 0.3 is 5.97 Å². The molecule has 5 rings (SSSR count). The molecule has 0 spiro atoms. The van der Waals surface area contributed by atoms with Crippen LogP contribution in [0, 0.1) is 11.8 Å². The molecule has 1 saturated heterocycles. The standard InChI is InChI=1S/C40H46ClN3O7/c1-24(2)20-32-40(48)50-33(25(3)37-38(51-37)28-14-9-6-10-15-28)16-11-17-35(45)42-31(22-26-18-19-34(49-4)29(41)21-26)39(47)44-30(23-36(46)43-32)27-12-7-5-8-13-27/h5-15,17-19,21,24-25,30-33,37-38H,16,20,22-23H2,1-4H3,(H,42,45)(H,43,46)(H,44,47)/t25-,30?,31+,32-,33-,37?,38?/m0/s1. The second kappa shape index (κ2) is 17.5. The lowest BCUT2D eigenvalue weighted by molar-refractivity contribution is -0.156. The van der Waals surface area contributed by atoms with Gasteiger partial charge in [0.25, 0.3) is 0 Å². The van der Waals surface area contributed by atoms with Crippen molar-refractivity contribution in [2.24, 2.45) is 11.8 Å². The molecule has 3 amide bonds. The molecule has 2 aliphatic heterocycles. The van der Waals surface area contributed by atoms with Gasteiger partial charge in [0.05, 0.1) is 30.7 Å². The van der Waals surface area contributed by atoms with Crippen LogP contribution in [0.3, 0.4) is 0 Å². The summed E-state index contributed by atoms with van der Waals surface area (Å²) < 4.78 is 17.5. The number of halogens is 1. The van der Waals surface area contributed by atoms with Crippen molar-refractivity contribution in [3.63, 3.8) is 0 Å². The van der Waals surface area contributed by atoms with E-state index in [1.54, 1.807) is 24.3 Å². The lowest BCUT2D eigenvalue weighted by atomic mass is 9.93. The van der Waals surface area contributed by atoms with Crippen molar-refractivity contribution in [1.82, 2.24) is 16.0 Å². The summed E-state index contributed by atoms with van der Waals surface area (Å²) in [5.41, 5.74) is 2.42. The lowest BCUT2D eigenvalue weighted by Gasteiger charge is -2.28. The molecule has 0 saturated carbocycles. The Balaban J connectivity index is 1.45. The van der Waals surface area contributed by atoms with Gasteiger partial charge in [-0.3, -0.25) is 14.4 Å². The highest BCUT2D eigenvalue weighted by Gasteiger charge is 2.47. The molecule has 3 aromatic rings. The van der Waals surface area contributed by atoms with Crippen molar-refractivity contribution in [3.05, 3.63) is 113 Å². The number of epoxide rings is 1. The number of ether oxygens (including phenoxy) is 3. The highest BCUT2D eigenvalue weighted by molar-refractivity contribution is 6.32. The molecule has 3 aromatic carbocycles. The molecule has 3 unspecified atom stereocenters. The first kappa shape index (κ1) is 37.6. The molecular formula is C40H46ClN3O7. The van der Waals surface area contributed by atoms with Crippen LogP contribution in [-0.2, 0) is 35.1 Å². The minimum Gasteiger partial charge on any atom is -0.495 e. The third kappa shape index (κ3) is 10.4. The third-order valence-electron chi connectivity index (χ3n) is 9.19. The maximum Gasteiger partial charge on any atom is 0.328 e. The van der Waals surface area contributed by atoms with Gasteiger partial charge in [-0.2, -0.15) is 0 Å². The Hall–Kier alpha value is -4.67. The first-order valence-corrected chi connectivity index (χ1v) is 17.7. The van der Waals surface area contributed by atoms with Crippen LogP contribution in [0.25, 0.3) is 0 Å². The highest BCUT2D eigenvalue weighted by Crippen LogP contribution is 2.45. The summed E-state index contributed by atoms with van der Waals surface area (Å²) >= 11 is 6.39. The van der Waals surface area contributed by atoms with E-state index in [4.69, 9.17) is 25.8 Å². The number of methoxy groups -OCH3 is 1. The van der Waals surface area contributed by atoms with E-state index in [-0.39, 0.29) is 43.3 Å². The number of benzene rings is 3. The SMILES string of the molecule is COc1ccc(C[C@H]2NC(=O)C=CC[C@@H]([C@H](C)C3OC3c3ccccc3)OC(=O)[C@H](CC(C)C)NC(=O)CC(c3ccccc3)NC2=O)cc1Cl. The van der Waals surface area contributed by atoms with Gasteiger partial charge in [-0.05, 0) is 47.2 Å². The summed E-state index contributed by atoms with van der Waals surface area (Å²) in [4.78, 5) is 54.8. The quantitative estimate of drug-likeness (QED) is 0.188. The number of carbonyl (C=O) groups excluding carboxylic acids is 4. The molecule has 0 aliphatic carbocycles. The number of nitrogens with one attached hydrogen (secondary N) is 3. The first-order chi connectivity index (χ1) is 24.5. The molecule has 1 fully saturated rings. The minimum absolute atomic E-state index is 0.0685. The average Bonchev–Trinajstić information content (AvgIpc) is 3.91. The second-order valence-corrected chi connectivity index (χ2v) is 14.0. The Morgan fingerprint density at radius 1 is 0.863 bits per heavy atom. The molecule has 11 heteroatoms. The van der Waals surface area contributed by atoms with E-state index in [9.17, 15) is 19.2 Å². The topological polar surface area (TPSA) is 135 Å². The van der Waals surface area contributed by atoms with E-state index < -0.39 is 47.9 Å². The number of esters is 1. The van der Waals surface area contributed by atoms with Gasteiger partial charge in [0, 0.05) is 18.8 Å². The van der Waals surface area contributed by atoms with E-state index in [2.05, 4.69) is 16.0 Å². The Bertz CT molecular complexity index is 1700. The van der Waals surface area contributed by atoms with Crippen LogP contribution in [0.15, 0.2) is 91.0 Å². The second-order valence-electron chi connectivity index (χ2n) is 13.6. The van der Waals surface area contributed by atoms with Crippen molar-refractivity contribution < 1.29 is 33.4 Å². The van der Waals surface area contributed by atoms with Gasteiger partial charge < -0.3 is 30.2 Å². The Labute approximate surface area is 304 Å². The first-order valence-electron chi connectivity index (χ1n) is 17.4. The van der Waals surface area contributed by atoms with E-state index >= 15 is 0 Å². The van der Waals surface area contributed by atoms with Crippen molar-refractivity contribution in [2.75, 3.05) is 7.11 Å². The van der Waals surface area contributed by atoms with Gasteiger partial charge in [-0.15, -0.1) is 0 Å². The summed E-state index contributed by atoms with van der Waals surface area (Å²) in [5, 5.41) is 9.07. The molecule has 51 heavy (non-hydrogen) atoms. The highest BCUT2D eigenvalue weighted by atomic mass is 35.5. The normalized spacial score (nSPS) is 25.3. The fourth-order valence-electron chi connectivity index (χ4n) is 6.39. The predicted molar refractivity (Wildman–Crippen MR) is 194 cm³/mol. The van der Waals surface area contributed by atoms with Gasteiger partial charge in [0.15, 0.2) is 0 Å². The third-order valence-corrected chi connectivity index (χ3v) is 9.48. The number of rotatable bonds is 9. The van der Waals surface area contributed by atoms with E-state index in [0.29, 0.717) is 28.3 Å². The van der Waals surface area contributed by atoms with Crippen molar-refractivity contribution >= 4 is 35.3 Å². The van der Waals surface area contributed by atoms with Crippen LogP contribution in [0.5, 0.6) is 5.75 Å². The monoisotopic (exact) mass is 715 g/mol. The fourth-order valence-corrected chi connectivity index (χ4v) is 6.67. The van der Waals surface area contributed by atoms with Gasteiger partial charge in [-0.25, -0.2) is 4.79 Å². The zero-order valence-electron chi connectivity index (χ0n) is 29.3. The molecule has 10 nitrogen and oxygen atoms in total. The predicted octanol–water partition coefficient (Wildman–Crippen LogP) is 5.80. The minimum atomic E-state index is -1.01. The molecule has 0 bridgehead atoms. The molecular weight excluding hydrogens is 670 g/mol. The van der Waals surface area contributed by atoms with Crippen LogP contribution in [-0.4, -0.2) is 55.1 Å². The van der Waals surface area contributed by atoms with Crippen LogP contribution < -0.4 is 20.7 Å². The van der Waals surface area contributed by atoms with E-state index in [1.165, 1.54) is 13.2 Å². The lowest BCUT2D eigenvalue weighted by Crippen LogP contribution is -2.50. The summed E-state index contributed by atoms with van der Waals surface area (Å²) in [7, 11) is 1.51. The fraction of sp³-hybridized carbons (Fsp3) is 0.400. The average molecular weight is 716 g/mol. The van der Waals surface area contributed by atoms with Crippen LogP contribution in [0.4, 0.5) is 0 Å². The van der Waals surface area contributed by atoms with Crippen molar-refractivity contribution in [2.45, 2.75) is 82.9 Å². The zero-order chi connectivity index (χ0) is 36.5. The zero-order valence-corrected chi connectivity index (χ0v) is 30.1. The molecule has 0 aromatic heterocycles. The summed E-state index contributed by atoms with van der Waals surface area (Å²) in [5.74, 6) is -1.66. The molecule has 7 atom stereocenters. The van der Waals surface area contributed by atoms with Crippen LogP contribution in [0.1, 0.15) is 68.9 Å². The number of carbonyl (C=O) groups is 4. The maximum atomic E-state index is 14.0. The van der Waals surface area contributed by atoms with E-state index in [0.717, 1.165) is 5.56 Å². The smallest absolute Gasteiger partial charge is 0.328 e. The summed E-state index contributed by atoms with van der Waals surface area (Å²) in [6, 6.07) is 21.4. The van der Waals surface area contributed by atoms with Crippen molar-refractivity contribution in [3.8, 4) is 5.75 Å². The number of amides is 3. The molecule has 0 radical (unpaired) electrons. The summed E-state index contributed by atoms with van der Waals surface area (Å²) in [6.45, 7) is 5.88. The van der Waals surface area contributed by atoms with E-state index in [1.807, 2.05) is 81.4 Å². The Morgan fingerprint density at radius 2 is 1.55 bits per heavy atom. The number of cyclic esters (lactones) is 1.